The molecule has 2 N–H and O–H groups in total. The van der Waals surface area contributed by atoms with Gasteiger partial charge in [-0.1, -0.05) is 0 Å². The van der Waals surface area contributed by atoms with E-state index < -0.39 is 0 Å². The van der Waals surface area contributed by atoms with Gasteiger partial charge in [-0.25, -0.2) is 4.68 Å². The summed E-state index contributed by atoms with van der Waals surface area (Å²) in [6, 6.07) is 8.09. The molecule has 0 saturated heterocycles. The van der Waals surface area contributed by atoms with Gasteiger partial charge in [0.25, 0.3) is 0 Å². The van der Waals surface area contributed by atoms with Crippen molar-refractivity contribution in [2.75, 3.05) is 27.9 Å². The Bertz CT molecular complexity index is 1160. The Labute approximate surface area is 184 Å². The van der Waals surface area contributed by atoms with Crippen molar-refractivity contribution in [1.29, 1.82) is 0 Å². The van der Waals surface area contributed by atoms with Gasteiger partial charge in [0.15, 0.2) is 11.5 Å². The average molecular weight is 444 g/mol. The minimum Gasteiger partial charge on any atom is -0.508 e. The Kier molecular flexibility index (Phi) is 6.86. The molecule has 8 nitrogen and oxygen atoms in total. The molecule has 31 heavy (non-hydrogen) atoms. The number of hydrogen-bond donors (Lipinski definition) is 2. The molecule has 0 fully saturated rings. The SMILES string of the molecule is CCN=c1scc(-c2cc(OC)c(OC)c(OC)c2)n1N=C(C)c1ccc(O)cc1O. The van der Waals surface area contributed by atoms with E-state index in [-0.39, 0.29) is 11.5 Å². The zero-order valence-corrected chi connectivity index (χ0v) is 18.9. The second-order valence-corrected chi connectivity index (χ2v) is 7.33. The van der Waals surface area contributed by atoms with Gasteiger partial charge in [0, 0.05) is 29.1 Å². The van der Waals surface area contributed by atoms with Gasteiger partial charge in [-0.2, -0.15) is 5.10 Å². The van der Waals surface area contributed by atoms with Crippen LogP contribution in [0.2, 0.25) is 0 Å². The summed E-state index contributed by atoms with van der Waals surface area (Å²) in [6.45, 7) is 4.32. The van der Waals surface area contributed by atoms with Crippen LogP contribution in [0.5, 0.6) is 28.7 Å². The largest absolute Gasteiger partial charge is 0.508 e. The minimum absolute atomic E-state index is 0.0166. The predicted octanol–water partition coefficient (Wildman–Crippen LogP) is 3.85. The Balaban J connectivity index is 2.22. The van der Waals surface area contributed by atoms with Crippen LogP contribution >= 0.6 is 11.3 Å². The number of aromatic hydroxyl groups is 2. The molecule has 3 rings (SSSR count). The summed E-state index contributed by atoms with van der Waals surface area (Å²) >= 11 is 1.45. The van der Waals surface area contributed by atoms with Crippen LogP contribution in [0, 0.1) is 0 Å². The van der Waals surface area contributed by atoms with E-state index in [0.717, 1.165) is 11.3 Å². The highest BCUT2D eigenvalue weighted by atomic mass is 32.1. The van der Waals surface area contributed by atoms with Crippen LogP contribution in [0.3, 0.4) is 0 Å². The van der Waals surface area contributed by atoms with Crippen LogP contribution in [0.15, 0.2) is 45.8 Å². The number of hydrogen-bond acceptors (Lipinski definition) is 8. The molecule has 1 aromatic heterocycles. The average Bonchev–Trinajstić information content (AvgIpc) is 3.14. The first-order valence-electron chi connectivity index (χ1n) is 9.52. The lowest BCUT2D eigenvalue weighted by atomic mass is 10.1. The van der Waals surface area contributed by atoms with Gasteiger partial charge in [0.2, 0.25) is 10.6 Å². The Morgan fingerprint density at radius 2 is 1.71 bits per heavy atom. The molecule has 2 aromatic carbocycles. The lowest BCUT2D eigenvalue weighted by Gasteiger charge is -2.14. The molecule has 0 aliphatic carbocycles. The van der Waals surface area contributed by atoms with Gasteiger partial charge in [-0.3, -0.25) is 4.99 Å². The quantitative estimate of drug-likeness (QED) is 0.541. The number of rotatable bonds is 7. The third-order valence-corrected chi connectivity index (χ3v) is 5.41. The molecule has 0 bridgehead atoms. The fourth-order valence-corrected chi connectivity index (χ4v) is 3.99. The number of thiazole rings is 1. The molecule has 0 amide bonds. The summed E-state index contributed by atoms with van der Waals surface area (Å²) in [7, 11) is 4.69. The summed E-state index contributed by atoms with van der Waals surface area (Å²) in [6.07, 6.45) is 0. The third kappa shape index (κ3) is 4.51. The van der Waals surface area contributed by atoms with Crippen molar-refractivity contribution in [3.63, 3.8) is 0 Å². The third-order valence-electron chi connectivity index (χ3n) is 4.56. The molecular formula is C22H25N3O5S. The van der Waals surface area contributed by atoms with Crippen LogP contribution in [0.4, 0.5) is 0 Å². The molecule has 0 atom stereocenters. The van der Waals surface area contributed by atoms with E-state index in [0.29, 0.717) is 39.9 Å². The van der Waals surface area contributed by atoms with Gasteiger partial charge in [-0.15, -0.1) is 11.3 Å². The fraction of sp³-hybridized carbons (Fsp3) is 0.273. The molecule has 0 saturated carbocycles. The van der Waals surface area contributed by atoms with Crippen molar-refractivity contribution in [2.45, 2.75) is 13.8 Å². The van der Waals surface area contributed by atoms with Gasteiger partial charge in [-0.05, 0) is 38.1 Å². The van der Waals surface area contributed by atoms with Gasteiger partial charge < -0.3 is 24.4 Å². The van der Waals surface area contributed by atoms with Crippen molar-refractivity contribution in [3.05, 3.63) is 46.1 Å². The molecule has 1 heterocycles. The van der Waals surface area contributed by atoms with Crippen molar-refractivity contribution in [1.82, 2.24) is 4.68 Å². The summed E-state index contributed by atoms with van der Waals surface area (Å²) < 4.78 is 18.1. The first kappa shape index (κ1) is 22.2. The van der Waals surface area contributed by atoms with Gasteiger partial charge >= 0.3 is 0 Å². The number of phenols is 2. The zero-order valence-electron chi connectivity index (χ0n) is 18.0. The molecule has 9 heteroatoms. The molecule has 0 spiro atoms. The maximum absolute atomic E-state index is 10.2. The number of nitrogens with zero attached hydrogens (tertiary/aromatic N) is 3. The normalized spacial score (nSPS) is 12.2. The fourth-order valence-electron chi connectivity index (χ4n) is 3.10. The van der Waals surface area contributed by atoms with Gasteiger partial charge in [0.05, 0.1) is 32.7 Å². The van der Waals surface area contributed by atoms with E-state index in [1.807, 2.05) is 24.4 Å². The van der Waals surface area contributed by atoms with E-state index in [1.165, 1.54) is 23.5 Å². The van der Waals surface area contributed by atoms with E-state index in [2.05, 4.69) is 4.99 Å². The number of ether oxygens (including phenoxy) is 3. The second-order valence-electron chi connectivity index (χ2n) is 6.49. The zero-order chi connectivity index (χ0) is 22.5. The number of phenolic OH excluding ortho intramolecular Hbond substituents is 2. The Hall–Kier alpha value is -3.46. The topological polar surface area (TPSA) is 97.8 Å². The predicted molar refractivity (Wildman–Crippen MR) is 121 cm³/mol. The van der Waals surface area contributed by atoms with Crippen LogP contribution < -0.4 is 19.0 Å². The highest BCUT2D eigenvalue weighted by molar-refractivity contribution is 7.07. The second kappa shape index (κ2) is 9.57. The molecule has 3 aromatic rings. The van der Waals surface area contributed by atoms with Crippen LogP contribution in [0.25, 0.3) is 11.3 Å². The summed E-state index contributed by atoms with van der Waals surface area (Å²) in [4.78, 5) is 5.24. The molecule has 0 aliphatic rings. The summed E-state index contributed by atoms with van der Waals surface area (Å²) in [5.74, 6) is 1.49. The van der Waals surface area contributed by atoms with E-state index in [1.54, 1.807) is 39.0 Å². The molecule has 164 valence electrons. The smallest absolute Gasteiger partial charge is 0.206 e. The molecular weight excluding hydrogens is 418 g/mol. The monoisotopic (exact) mass is 443 g/mol. The van der Waals surface area contributed by atoms with E-state index in [9.17, 15) is 10.2 Å². The Morgan fingerprint density at radius 1 is 1.03 bits per heavy atom. The highest BCUT2D eigenvalue weighted by Crippen LogP contribution is 2.41. The minimum atomic E-state index is -0.0552. The van der Waals surface area contributed by atoms with Crippen LogP contribution in [-0.2, 0) is 0 Å². The highest BCUT2D eigenvalue weighted by Gasteiger charge is 2.17. The number of benzene rings is 2. The van der Waals surface area contributed by atoms with Crippen LogP contribution in [0.1, 0.15) is 19.4 Å². The van der Waals surface area contributed by atoms with Crippen molar-refractivity contribution in [3.8, 4) is 40.0 Å². The van der Waals surface area contributed by atoms with E-state index in [4.69, 9.17) is 19.3 Å². The summed E-state index contributed by atoms with van der Waals surface area (Å²) in [5, 5.41) is 26.5. The standard InChI is InChI=1S/C22H25N3O5S/c1-6-23-22-25(24-13(2)16-8-7-15(26)11-18(16)27)17(12-31-22)14-9-19(28-3)21(30-5)20(10-14)29-4/h7-12,26-27H,6H2,1-5H3. The molecule has 0 unspecified atom stereocenters. The van der Waals surface area contributed by atoms with Crippen molar-refractivity contribution >= 4 is 17.0 Å². The van der Waals surface area contributed by atoms with Gasteiger partial charge in [0.1, 0.15) is 11.5 Å². The molecule has 0 aliphatic heterocycles. The first-order valence-corrected chi connectivity index (χ1v) is 10.4. The number of aromatic nitrogens is 1. The number of methoxy groups -OCH3 is 3. The maximum Gasteiger partial charge on any atom is 0.206 e. The van der Waals surface area contributed by atoms with E-state index >= 15 is 0 Å². The molecule has 0 radical (unpaired) electrons. The lowest BCUT2D eigenvalue weighted by molar-refractivity contribution is 0.324. The maximum atomic E-state index is 10.2. The van der Waals surface area contributed by atoms with Crippen molar-refractivity contribution < 1.29 is 24.4 Å². The summed E-state index contributed by atoms with van der Waals surface area (Å²) in [5.41, 5.74) is 2.64. The van der Waals surface area contributed by atoms with Crippen LogP contribution in [-0.4, -0.2) is 48.5 Å². The first-order chi connectivity index (χ1) is 14.9. The van der Waals surface area contributed by atoms with Crippen molar-refractivity contribution in [2.24, 2.45) is 10.1 Å². The lowest BCUT2D eigenvalue weighted by Crippen LogP contribution is -2.14. The Morgan fingerprint density at radius 3 is 2.26 bits per heavy atom.